The highest BCUT2D eigenvalue weighted by atomic mass is 35.5. The third-order valence-corrected chi connectivity index (χ3v) is 4.78. The third-order valence-electron chi connectivity index (χ3n) is 4.47. The van der Waals surface area contributed by atoms with Crippen molar-refractivity contribution in [3.05, 3.63) is 22.2 Å². The summed E-state index contributed by atoms with van der Waals surface area (Å²) in [5.74, 6) is 0.499. The van der Waals surface area contributed by atoms with E-state index in [1.165, 1.54) is 0 Å². The van der Waals surface area contributed by atoms with Gasteiger partial charge >= 0.3 is 5.97 Å². The topological polar surface area (TPSA) is 67.8 Å². The van der Waals surface area contributed by atoms with Crippen LogP contribution in [0.3, 0.4) is 0 Å². The number of aliphatic carboxylic acids is 1. The van der Waals surface area contributed by atoms with Crippen molar-refractivity contribution in [1.82, 2.24) is 5.32 Å². The first kappa shape index (κ1) is 16.4. The summed E-state index contributed by atoms with van der Waals surface area (Å²) >= 11 is 6.55. The van der Waals surface area contributed by atoms with E-state index < -0.39 is 5.97 Å². The molecule has 0 spiro atoms. The Labute approximate surface area is 140 Å². The minimum atomic E-state index is -0.767. The summed E-state index contributed by atoms with van der Waals surface area (Å²) in [7, 11) is 0. The zero-order valence-electron chi connectivity index (χ0n) is 13.4. The molecule has 0 bridgehead atoms. The van der Waals surface area contributed by atoms with Crippen molar-refractivity contribution >= 4 is 17.6 Å². The molecule has 1 aromatic rings. The molecular formula is C17H22ClNO4. The Morgan fingerprint density at radius 1 is 1.39 bits per heavy atom. The van der Waals surface area contributed by atoms with Crippen LogP contribution in [0, 0.1) is 5.92 Å². The maximum absolute atomic E-state index is 11.2. The summed E-state index contributed by atoms with van der Waals surface area (Å²) in [4.78, 5) is 11.2. The zero-order valence-corrected chi connectivity index (χ0v) is 14.2. The SMILES string of the molecule is CC(C)c1c2c(cc(Cl)c1C1CC(C(=O)O)CN1)OCCCO2. The standard InChI is InChI=1S/C17H22ClNO4/c1-9(2)14-15(12-6-10(8-19-12)17(20)21)11(18)7-13-16(14)23-5-3-4-22-13/h7,9-10,12,19H,3-6,8H2,1-2H3,(H,20,21). The second-order valence-corrected chi connectivity index (χ2v) is 6.86. The number of carbonyl (C=O) groups is 1. The molecule has 2 N–H and O–H groups in total. The highest BCUT2D eigenvalue weighted by Gasteiger charge is 2.35. The van der Waals surface area contributed by atoms with Crippen LogP contribution in [0.4, 0.5) is 0 Å². The molecule has 3 rings (SSSR count). The van der Waals surface area contributed by atoms with E-state index in [1.54, 1.807) is 6.07 Å². The molecule has 5 nitrogen and oxygen atoms in total. The van der Waals surface area contributed by atoms with E-state index in [0.29, 0.717) is 37.0 Å². The lowest BCUT2D eigenvalue weighted by atomic mass is 9.89. The van der Waals surface area contributed by atoms with Crippen molar-refractivity contribution < 1.29 is 19.4 Å². The van der Waals surface area contributed by atoms with Crippen molar-refractivity contribution in [1.29, 1.82) is 0 Å². The Morgan fingerprint density at radius 3 is 2.78 bits per heavy atom. The average molecular weight is 340 g/mol. The number of carboxylic acids is 1. The fourth-order valence-electron chi connectivity index (χ4n) is 3.38. The lowest BCUT2D eigenvalue weighted by Gasteiger charge is -2.24. The molecule has 2 aliphatic rings. The Balaban J connectivity index is 2.06. The summed E-state index contributed by atoms with van der Waals surface area (Å²) in [6.07, 6.45) is 1.37. The van der Waals surface area contributed by atoms with Crippen molar-refractivity contribution in [2.75, 3.05) is 19.8 Å². The third kappa shape index (κ3) is 3.12. The van der Waals surface area contributed by atoms with Gasteiger partial charge in [-0.2, -0.15) is 0 Å². The second kappa shape index (κ2) is 6.57. The number of halogens is 1. The normalized spacial score (nSPS) is 23.8. The highest BCUT2D eigenvalue weighted by Crippen LogP contribution is 2.47. The number of nitrogens with one attached hydrogen (secondary N) is 1. The van der Waals surface area contributed by atoms with Crippen molar-refractivity contribution in [3.63, 3.8) is 0 Å². The van der Waals surface area contributed by atoms with Gasteiger partial charge in [0.1, 0.15) is 0 Å². The van der Waals surface area contributed by atoms with E-state index in [9.17, 15) is 9.90 Å². The Bertz CT molecular complexity index is 617. The summed E-state index contributed by atoms with van der Waals surface area (Å²) < 4.78 is 11.7. The molecule has 0 saturated carbocycles. The maximum Gasteiger partial charge on any atom is 0.307 e. The number of hydrogen-bond acceptors (Lipinski definition) is 4. The molecule has 2 unspecified atom stereocenters. The van der Waals surface area contributed by atoms with Crippen LogP contribution in [0.1, 0.15) is 49.8 Å². The van der Waals surface area contributed by atoms with E-state index in [0.717, 1.165) is 23.3 Å². The van der Waals surface area contributed by atoms with Gasteiger partial charge in [0.15, 0.2) is 11.5 Å². The molecule has 2 atom stereocenters. The van der Waals surface area contributed by atoms with Crippen molar-refractivity contribution in [2.45, 2.75) is 38.6 Å². The van der Waals surface area contributed by atoms with Gasteiger partial charge in [0, 0.05) is 35.7 Å². The van der Waals surface area contributed by atoms with Crippen LogP contribution in [0.15, 0.2) is 6.07 Å². The molecule has 1 saturated heterocycles. The lowest BCUT2D eigenvalue weighted by molar-refractivity contribution is -0.141. The summed E-state index contributed by atoms with van der Waals surface area (Å²) in [6.45, 7) is 5.87. The molecule has 0 aliphatic carbocycles. The summed E-state index contributed by atoms with van der Waals surface area (Å²) in [5.41, 5.74) is 1.98. The van der Waals surface area contributed by atoms with Crippen molar-refractivity contribution in [3.8, 4) is 11.5 Å². The Kier molecular flexibility index (Phi) is 4.69. The van der Waals surface area contributed by atoms with Gasteiger partial charge in [0.2, 0.25) is 0 Å². The molecule has 23 heavy (non-hydrogen) atoms. The molecule has 126 valence electrons. The second-order valence-electron chi connectivity index (χ2n) is 6.45. The van der Waals surface area contributed by atoms with Gasteiger partial charge in [-0.05, 0) is 17.9 Å². The molecule has 1 fully saturated rings. The molecule has 0 amide bonds. The van der Waals surface area contributed by atoms with Gasteiger partial charge in [0.05, 0.1) is 19.1 Å². The molecule has 0 radical (unpaired) electrons. The average Bonchev–Trinajstić information content (AvgIpc) is 2.86. The van der Waals surface area contributed by atoms with Crippen LogP contribution in [0.2, 0.25) is 5.02 Å². The smallest absolute Gasteiger partial charge is 0.307 e. The van der Waals surface area contributed by atoms with Gasteiger partial charge < -0.3 is 19.9 Å². The van der Waals surface area contributed by atoms with Gasteiger partial charge in [0.25, 0.3) is 0 Å². The maximum atomic E-state index is 11.2. The number of rotatable bonds is 3. The van der Waals surface area contributed by atoms with Crippen LogP contribution >= 0.6 is 11.6 Å². The van der Waals surface area contributed by atoms with Gasteiger partial charge in [-0.25, -0.2) is 0 Å². The van der Waals surface area contributed by atoms with E-state index in [4.69, 9.17) is 21.1 Å². The highest BCUT2D eigenvalue weighted by molar-refractivity contribution is 6.31. The molecule has 0 aromatic heterocycles. The number of hydrogen-bond donors (Lipinski definition) is 2. The molecule has 2 heterocycles. The van der Waals surface area contributed by atoms with Crippen LogP contribution < -0.4 is 14.8 Å². The van der Waals surface area contributed by atoms with E-state index in [2.05, 4.69) is 19.2 Å². The van der Waals surface area contributed by atoms with E-state index in [-0.39, 0.29) is 17.9 Å². The largest absolute Gasteiger partial charge is 0.489 e. The van der Waals surface area contributed by atoms with Crippen LogP contribution in [0.25, 0.3) is 0 Å². The monoisotopic (exact) mass is 339 g/mol. The molecule has 6 heteroatoms. The van der Waals surface area contributed by atoms with Gasteiger partial charge in [-0.3, -0.25) is 4.79 Å². The first-order chi connectivity index (χ1) is 11.0. The fraction of sp³-hybridized carbons (Fsp3) is 0.588. The molecule has 1 aromatic carbocycles. The first-order valence-corrected chi connectivity index (χ1v) is 8.45. The van der Waals surface area contributed by atoms with Crippen molar-refractivity contribution in [2.24, 2.45) is 5.92 Å². The number of fused-ring (bicyclic) bond motifs is 1. The lowest BCUT2D eigenvalue weighted by Crippen LogP contribution is -2.18. The summed E-state index contributed by atoms with van der Waals surface area (Å²) in [5, 5.41) is 13.2. The number of carboxylic acid groups (broad SMARTS) is 1. The molecular weight excluding hydrogens is 318 g/mol. The van der Waals surface area contributed by atoms with Gasteiger partial charge in [-0.1, -0.05) is 25.4 Å². The quantitative estimate of drug-likeness (QED) is 0.883. The summed E-state index contributed by atoms with van der Waals surface area (Å²) in [6, 6.07) is 1.73. The van der Waals surface area contributed by atoms with Gasteiger partial charge in [-0.15, -0.1) is 0 Å². The first-order valence-electron chi connectivity index (χ1n) is 8.07. The van der Waals surface area contributed by atoms with E-state index in [1.807, 2.05) is 0 Å². The van der Waals surface area contributed by atoms with Crippen LogP contribution in [-0.2, 0) is 4.79 Å². The number of ether oxygens (including phenoxy) is 2. The number of benzene rings is 1. The predicted octanol–water partition coefficient (Wildman–Crippen LogP) is 3.36. The van der Waals surface area contributed by atoms with Crippen LogP contribution in [-0.4, -0.2) is 30.8 Å². The molecule has 2 aliphatic heterocycles. The van der Waals surface area contributed by atoms with E-state index >= 15 is 0 Å². The Morgan fingerprint density at radius 2 is 2.13 bits per heavy atom. The minimum absolute atomic E-state index is 0.0712. The fourth-order valence-corrected chi connectivity index (χ4v) is 3.72. The Hall–Kier alpha value is -1.46. The zero-order chi connectivity index (χ0) is 16.6. The van der Waals surface area contributed by atoms with Crippen LogP contribution in [0.5, 0.6) is 11.5 Å². The minimum Gasteiger partial charge on any atom is -0.489 e. The predicted molar refractivity (Wildman–Crippen MR) is 87.6 cm³/mol.